The van der Waals surface area contributed by atoms with Crippen molar-refractivity contribution in [1.82, 2.24) is 15.5 Å². The molecule has 1 fully saturated rings. The molecule has 19 heavy (non-hydrogen) atoms. The standard InChI is InChI=1S/C12H22N4O3/c1-3-14-11(18)9-4-6-16(7-5-9)8(2)10(17)15-12(13)19/h8-9H,3-7H2,1-2H3,(H,14,18)(H3,13,15,17,19). The molecular formula is C12H22N4O3. The van der Waals surface area contributed by atoms with Gasteiger partial charge in [0.1, 0.15) is 0 Å². The fourth-order valence-electron chi connectivity index (χ4n) is 2.26. The van der Waals surface area contributed by atoms with Crippen molar-refractivity contribution in [3.8, 4) is 0 Å². The van der Waals surface area contributed by atoms with Crippen LogP contribution < -0.4 is 16.4 Å². The first-order chi connectivity index (χ1) is 8.95. The lowest BCUT2D eigenvalue weighted by atomic mass is 9.95. The molecule has 7 heteroatoms. The Morgan fingerprint density at radius 3 is 2.37 bits per heavy atom. The van der Waals surface area contributed by atoms with Gasteiger partial charge in [-0.1, -0.05) is 0 Å². The van der Waals surface area contributed by atoms with E-state index in [1.165, 1.54) is 0 Å². The lowest BCUT2D eigenvalue weighted by Gasteiger charge is -2.34. The predicted octanol–water partition coefficient (Wildman–Crippen LogP) is -0.582. The molecule has 7 nitrogen and oxygen atoms in total. The van der Waals surface area contributed by atoms with E-state index in [-0.39, 0.29) is 11.8 Å². The lowest BCUT2D eigenvalue weighted by molar-refractivity contribution is -0.128. The Kier molecular flexibility index (Phi) is 5.75. The molecule has 1 atom stereocenters. The second-order valence-corrected chi connectivity index (χ2v) is 4.73. The fraction of sp³-hybridized carbons (Fsp3) is 0.750. The Bertz CT molecular complexity index is 351. The molecule has 0 spiro atoms. The highest BCUT2D eigenvalue weighted by Gasteiger charge is 2.29. The molecule has 0 aromatic carbocycles. The Morgan fingerprint density at radius 1 is 1.32 bits per heavy atom. The van der Waals surface area contributed by atoms with Gasteiger partial charge in [0.15, 0.2) is 0 Å². The van der Waals surface area contributed by atoms with Crippen molar-refractivity contribution < 1.29 is 14.4 Å². The SMILES string of the molecule is CCNC(=O)C1CCN(C(C)C(=O)NC(N)=O)CC1. The number of urea groups is 1. The van der Waals surface area contributed by atoms with Crippen LogP contribution in [-0.4, -0.2) is 48.4 Å². The third kappa shape index (κ3) is 4.51. The second-order valence-electron chi connectivity index (χ2n) is 4.73. The summed E-state index contributed by atoms with van der Waals surface area (Å²) < 4.78 is 0. The van der Waals surface area contributed by atoms with Gasteiger partial charge in [-0.2, -0.15) is 0 Å². The van der Waals surface area contributed by atoms with Gasteiger partial charge in [-0.3, -0.25) is 19.8 Å². The lowest BCUT2D eigenvalue weighted by Crippen LogP contribution is -2.51. The average molecular weight is 270 g/mol. The molecule has 4 N–H and O–H groups in total. The molecule has 0 aromatic rings. The van der Waals surface area contributed by atoms with E-state index in [0.717, 1.165) is 12.8 Å². The molecule has 1 heterocycles. The highest BCUT2D eigenvalue weighted by molar-refractivity contribution is 5.96. The van der Waals surface area contributed by atoms with Gasteiger partial charge < -0.3 is 11.1 Å². The molecule has 0 aromatic heterocycles. The predicted molar refractivity (Wildman–Crippen MR) is 70.2 cm³/mol. The number of carbonyl (C=O) groups excluding carboxylic acids is 3. The summed E-state index contributed by atoms with van der Waals surface area (Å²) in [6, 6.07) is -1.25. The quantitative estimate of drug-likeness (QED) is 0.635. The summed E-state index contributed by atoms with van der Waals surface area (Å²) in [5.41, 5.74) is 4.91. The van der Waals surface area contributed by atoms with Gasteiger partial charge in [0.2, 0.25) is 11.8 Å². The molecule has 4 amide bonds. The number of hydrogen-bond acceptors (Lipinski definition) is 4. The van der Waals surface area contributed by atoms with Gasteiger partial charge in [0, 0.05) is 12.5 Å². The first kappa shape index (κ1) is 15.4. The summed E-state index contributed by atoms with van der Waals surface area (Å²) in [7, 11) is 0. The summed E-state index contributed by atoms with van der Waals surface area (Å²) in [5.74, 6) is -0.303. The zero-order valence-corrected chi connectivity index (χ0v) is 11.4. The van der Waals surface area contributed by atoms with Crippen molar-refractivity contribution in [3.63, 3.8) is 0 Å². The van der Waals surface area contributed by atoms with Crippen molar-refractivity contribution in [2.45, 2.75) is 32.7 Å². The van der Waals surface area contributed by atoms with E-state index in [4.69, 9.17) is 5.73 Å². The average Bonchev–Trinajstić information content (AvgIpc) is 2.37. The van der Waals surface area contributed by atoms with Crippen LogP contribution in [0.5, 0.6) is 0 Å². The van der Waals surface area contributed by atoms with Crippen LogP contribution >= 0.6 is 0 Å². The number of amides is 4. The number of piperidine rings is 1. The zero-order valence-electron chi connectivity index (χ0n) is 11.4. The van der Waals surface area contributed by atoms with Crippen LogP contribution in [0, 0.1) is 5.92 Å². The number of nitrogens with zero attached hydrogens (tertiary/aromatic N) is 1. The number of rotatable bonds is 4. The first-order valence-electron chi connectivity index (χ1n) is 6.57. The van der Waals surface area contributed by atoms with Gasteiger partial charge in [0.25, 0.3) is 0 Å². The molecule has 1 aliphatic heterocycles. The molecule has 0 radical (unpaired) electrons. The van der Waals surface area contributed by atoms with E-state index in [1.54, 1.807) is 6.92 Å². The van der Waals surface area contributed by atoms with Crippen LogP contribution in [0.4, 0.5) is 4.79 Å². The van der Waals surface area contributed by atoms with Gasteiger partial charge in [0.05, 0.1) is 6.04 Å². The maximum Gasteiger partial charge on any atom is 0.318 e. The zero-order chi connectivity index (χ0) is 14.4. The van der Waals surface area contributed by atoms with E-state index < -0.39 is 18.0 Å². The topological polar surface area (TPSA) is 105 Å². The Balaban J connectivity index is 2.42. The van der Waals surface area contributed by atoms with E-state index in [9.17, 15) is 14.4 Å². The Hall–Kier alpha value is -1.63. The number of likely N-dealkylation sites (tertiary alicyclic amines) is 1. The fourth-order valence-corrected chi connectivity index (χ4v) is 2.26. The minimum absolute atomic E-state index is 0.0163. The molecular weight excluding hydrogens is 248 g/mol. The number of imide groups is 1. The van der Waals surface area contributed by atoms with Crippen LogP contribution in [0.2, 0.25) is 0 Å². The molecule has 108 valence electrons. The van der Waals surface area contributed by atoms with Crippen molar-refractivity contribution in [2.75, 3.05) is 19.6 Å². The van der Waals surface area contributed by atoms with Crippen molar-refractivity contribution in [3.05, 3.63) is 0 Å². The number of primary amides is 1. The summed E-state index contributed by atoms with van der Waals surface area (Å²) >= 11 is 0. The monoisotopic (exact) mass is 270 g/mol. The van der Waals surface area contributed by atoms with Crippen LogP contribution in [0.15, 0.2) is 0 Å². The molecule has 1 unspecified atom stereocenters. The summed E-state index contributed by atoms with van der Waals surface area (Å²) in [4.78, 5) is 35.9. The Morgan fingerprint density at radius 2 is 1.89 bits per heavy atom. The minimum Gasteiger partial charge on any atom is -0.356 e. The maximum atomic E-state index is 11.7. The van der Waals surface area contributed by atoms with Gasteiger partial charge >= 0.3 is 6.03 Å². The smallest absolute Gasteiger partial charge is 0.318 e. The van der Waals surface area contributed by atoms with Crippen molar-refractivity contribution in [2.24, 2.45) is 11.7 Å². The molecule has 1 aliphatic rings. The number of carbonyl (C=O) groups is 3. The van der Waals surface area contributed by atoms with Crippen LogP contribution in [0.3, 0.4) is 0 Å². The van der Waals surface area contributed by atoms with E-state index in [0.29, 0.717) is 19.6 Å². The third-order valence-electron chi connectivity index (χ3n) is 3.42. The van der Waals surface area contributed by atoms with Gasteiger partial charge in [-0.05, 0) is 39.8 Å². The van der Waals surface area contributed by atoms with Gasteiger partial charge in [-0.25, -0.2) is 4.79 Å². The number of nitrogens with one attached hydrogen (secondary N) is 2. The van der Waals surface area contributed by atoms with E-state index in [2.05, 4.69) is 10.6 Å². The third-order valence-corrected chi connectivity index (χ3v) is 3.42. The Labute approximate surface area is 112 Å². The number of hydrogen-bond donors (Lipinski definition) is 3. The maximum absolute atomic E-state index is 11.7. The number of nitrogens with two attached hydrogens (primary N) is 1. The summed E-state index contributed by atoms with van der Waals surface area (Å²) in [6.07, 6.45) is 1.44. The first-order valence-corrected chi connectivity index (χ1v) is 6.57. The van der Waals surface area contributed by atoms with E-state index >= 15 is 0 Å². The highest BCUT2D eigenvalue weighted by atomic mass is 16.2. The normalized spacial score (nSPS) is 18.6. The minimum atomic E-state index is -0.839. The van der Waals surface area contributed by atoms with Crippen LogP contribution in [-0.2, 0) is 9.59 Å². The molecule has 0 aliphatic carbocycles. The summed E-state index contributed by atoms with van der Waals surface area (Å²) in [6.45, 7) is 5.58. The van der Waals surface area contributed by atoms with Crippen molar-refractivity contribution in [1.29, 1.82) is 0 Å². The molecule has 0 bridgehead atoms. The second kappa shape index (κ2) is 7.08. The molecule has 1 saturated heterocycles. The molecule has 0 saturated carbocycles. The van der Waals surface area contributed by atoms with Crippen molar-refractivity contribution >= 4 is 17.8 Å². The van der Waals surface area contributed by atoms with Crippen LogP contribution in [0.1, 0.15) is 26.7 Å². The largest absolute Gasteiger partial charge is 0.356 e. The summed E-state index contributed by atoms with van der Waals surface area (Å²) in [5, 5.41) is 4.88. The highest BCUT2D eigenvalue weighted by Crippen LogP contribution is 2.19. The van der Waals surface area contributed by atoms with Gasteiger partial charge in [-0.15, -0.1) is 0 Å². The van der Waals surface area contributed by atoms with Crippen LogP contribution in [0.25, 0.3) is 0 Å². The molecule has 1 rings (SSSR count). The van der Waals surface area contributed by atoms with E-state index in [1.807, 2.05) is 11.8 Å².